The van der Waals surface area contributed by atoms with Crippen LogP contribution >= 0.6 is 11.3 Å². The molecule has 0 fully saturated rings. The van der Waals surface area contributed by atoms with Crippen LogP contribution in [0, 0.1) is 13.8 Å². The molecule has 0 aliphatic carbocycles. The molecule has 0 bridgehead atoms. The van der Waals surface area contributed by atoms with Gasteiger partial charge >= 0.3 is 5.97 Å². The topological polar surface area (TPSA) is 124 Å². The van der Waals surface area contributed by atoms with Gasteiger partial charge in [-0.15, -0.1) is 11.3 Å². The number of carbonyl (C=O) groups excluding carboxylic acids is 3. The summed E-state index contributed by atoms with van der Waals surface area (Å²) in [6.45, 7) is 5.14. The number of hydrogen-bond acceptors (Lipinski definition) is 7. The molecule has 1 aromatic carbocycles. The number of esters is 1. The van der Waals surface area contributed by atoms with Crippen molar-refractivity contribution in [1.29, 1.82) is 0 Å². The van der Waals surface area contributed by atoms with Crippen LogP contribution < -0.4 is 11.1 Å². The van der Waals surface area contributed by atoms with Gasteiger partial charge in [-0.1, -0.05) is 0 Å². The first-order valence-corrected chi connectivity index (χ1v) is 9.28. The van der Waals surface area contributed by atoms with Crippen LogP contribution in [0.1, 0.15) is 39.0 Å². The van der Waals surface area contributed by atoms with Crippen LogP contribution in [0.3, 0.4) is 0 Å². The van der Waals surface area contributed by atoms with E-state index >= 15 is 0 Å². The molecule has 0 saturated carbocycles. The van der Waals surface area contributed by atoms with E-state index < -0.39 is 23.9 Å². The number of fused-ring (bicyclic) bond motifs is 1. The lowest BCUT2D eigenvalue weighted by Gasteiger charge is -2.13. The number of nitrogens with zero attached hydrogens (tertiary/aromatic N) is 2. The second-order valence-corrected chi connectivity index (χ2v) is 7.08. The van der Waals surface area contributed by atoms with E-state index in [2.05, 4.69) is 15.3 Å². The molecule has 9 heteroatoms. The Kier molecular flexibility index (Phi) is 5.36. The van der Waals surface area contributed by atoms with E-state index in [1.165, 1.54) is 13.0 Å². The minimum Gasteiger partial charge on any atom is -0.449 e. The third-order valence-corrected chi connectivity index (χ3v) is 4.96. The Hall–Kier alpha value is -3.33. The van der Waals surface area contributed by atoms with Crippen molar-refractivity contribution in [3.8, 4) is 0 Å². The summed E-state index contributed by atoms with van der Waals surface area (Å²) in [4.78, 5) is 44.9. The molecule has 0 aliphatic heterocycles. The zero-order chi connectivity index (χ0) is 20.4. The smallest absolute Gasteiger partial charge is 0.338 e. The fourth-order valence-electron chi connectivity index (χ4n) is 2.45. The number of rotatable bonds is 5. The number of primary amides is 1. The van der Waals surface area contributed by atoms with Crippen molar-refractivity contribution in [1.82, 2.24) is 9.97 Å². The first kappa shape index (κ1) is 19.4. The Morgan fingerprint density at radius 1 is 1.11 bits per heavy atom. The van der Waals surface area contributed by atoms with Gasteiger partial charge in [-0.2, -0.15) is 0 Å². The van der Waals surface area contributed by atoms with Crippen molar-refractivity contribution in [3.63, 3.8) is 0 Å². The van der Waals surface area contributed by atoms with Crippen LogP contribution in [0.25, 0.3) is 11.0 Å². The number of carbonyl (C=O) groups is 3. The molecular weight excluding hydrogens is 380 g/mol. The van der Waals surface area contributed by atoms with Crippen molar-refractivity contribution >= 4 is 45.2 Å². The summed E-state index contributed by atoms with van der Waals surface area (Å²) in [6.07, 6.45) is -1.07. The van der Waals surface area contributed by atoms with Gasteiger partial charge in [0.05, 0.1) is 33.5 Å². The molecule has 3 aromatic rings. The molecule has 1 atom stereocenters. The standard InChI is InChI=1S/C19H18N4O4S/c1-9-10(2)22-15-8-12(4-5-14(15)21-9)19(26)27-11(3)17(25)23-18-13(16(20)24)6-7-28-18/h4-8,11H,1-3H3,(H2,20,24)(H,23,25)/t11-/m1/s1. The zero-order valence-electron chi connectivity index (χ0n) is 15.5. The molecule has 0 saturated heterocycles. The molecule has 144 valence electrons. The van der Waals surface area contributed by atoms with E-state index in [4.69, 9.17) is 10.5 Å². The molecule has 0 unspecified atom stereocenters. The largest absolute Gasteiger partial charge is 0.449 e. The molecule has 0 radical (unpaired) electrons. The van der Waals surface area contributed by atoms with Crippen molar-refractivity contribution < 1.29 is 19.1 Å². The average Bonchev–Trinajstić information content (AvgIpc) is 3.10. The number of aromatic nitrogens is 2. The van der Waals surface area contributed by atoms with E-state index in [0.29, 0.717) is 16.0 Å². The maximum Gasteiger partial charge on any atom is 0.338 e. The highest BCUT2D eigenvalue weighted by atomic mass is 32.1. The maximum atomic E-state index is 12.4. The third-order valence-electron chi connectivity index (χ3n) is 4.13. The molecule has 8 nitrogen and oxygen atoms in total. The number of anilines is 1. The molecule has 3 rings (SSSR count). The summed E-state index contributed by atoms with van der Waals surface area (Å²) >= 11 is 1.15. The van der Waals surface area contributed by atoms with Gasteiger partial charge in [0.15, 0.2) is 6.10 Å². The monoisotopic (exact) mass is 398 g/mol. The first-order valence-electron chi connectivity index (χ1n) is 8.40. The number of nitrogens with one attached hydrogen (secondary N) is 1. The van der Waals surface area contributed by atoms with Gasteiger partial charge in [-0.05, 0) is 50.4 Å². The van der Waals surface area contributed by atoms with E-state index in [9.17, 15) is 14.4 Å². The lowest BCUT2D eigenvalue weighted by molar-refractivity contribution is -0.123. The van der Waals surface area contributed by atoms with Crippen LogP contribution in [0.15, 0.2) is 29.6 Å². The van der Waals surface area contributed by atoms with E-state index in [0.717, 1.165) is 22.7 Å². The molecule has 0 aliphatic rings. The molecule has 28 heavy (non-hydrogen) atoms. The Balaban J connectivity index is 1.72. The van der Waals surface area contributed by atoms with Gasteiger partial charge in [0.25, 0.3) is 11.8 Å². The van der Waals surface area contributed by atoms with Crippen LogP contribution in [0.4, 0.5) is 5.00 Å². The predicted molar refractivity (Wildman–Crippen MR) is 105 cm³/mol. The summed E-state index contributed by atoms with van der Waals surface area (Å²) in [5, 5.41) is 4.49. The maximum absolute atomic E-state index is 12.4. The van der Waals surface area contributed by atoms with Gasteiger partial charge in [0, 0.05) is 0 Å². The Morgan fingerprint density at radius 3 is 2.46 bits per heavy atom. The summed E-state index contributed by atoms with van der Waals surface area (Å²) in [5.74, 6) is -1.87. The highest BCUT2D eigenvalue weighted by Gasteiger charge is 2.21. The van der Waals surface area contributed by atoms with Crippen LogP contribution in [0.5, 0.6) is 0 Å². The Labute approximate surface area is 164 Å². The molecule has 0 spiro atoms. The fourth-order valence-corrected chi connectivity index (χ4v) is 3.25. The fraction of sp³-hybridized carbons (Fsp3) is 0.211. The summed E-state index contributed by atoms with van der Waals surface area (Å²) < 4.78 is 5.24. The van der Waals surface area contributed by atoms with Crippen LogP contribution in [-0.2, 0) is 9.53 Å². The molecular formula is C19H18N4O4S. The lowest BCUT2D eigenvalue weighted by atomic mass is 10.2. The number of ether oxygens (including phenoxy) is 1. The van der Waals surface area contributed by atoms with Crippen molar-refractivity contribution in [2.24, 2.45) is 5.73 Å². The predicted octanol–water partition coefficient (Wildman–Crippen LogP) is 2.59. The molecule has 2 amide bonds. The van der Waals surface area contributed by atoms with Gasteiger partial charge < -0.3 is 15.8 Å². The molecule has 2 aromatic heterocycles. The number of thiophene rings is 1. The quantitative estimate of drug-likeness (QED) is 0.637. The van der Waals surface area contributed by atoms with Gasteiger partial charge in [-0.25, -0.2) is 14.8 Å². The lowest BCUT2D eigenvalue weighted by Crippen LogP contribution is -2.30. The van der Waals surface area contributed by atoms with E-state index in [1.54, 1.807) is 23.6 Å². The van der Waals surface area contributed by atoms with E-state index in [1.807, 2.05) is 13.8 Å². The number of nitrogens with two attached hydrogens (primary N) is 1. The van der Waals surface area contributed by atoms with Crippen LogP contribution in [-0.4, -0.2) is 33.9 Å². The van der Waals surface area contributed by atoms with Crippen molar-refractivity contribution in [2.45, 2.75) is 26.9 Å². The SMILES string of the molecule is Cc1nc2ccc(C(=O)O[C@H](C)C(=O)Nc3sccc3C(N)=O)cc2nc1C. The summed E-state index contributed by atoms with van der Waals surface area (Å²) in [5.41, 5.74) is 8.54. The van der Waals surface area contributed by atoms with Gasteiger partial charge in [-0.3, -0.25) is 9.59 Å². The highest BCUT2D eigenvalue weighted by molar-refractivity contribution is 7.14. The first-order chi connectivity index (χ1) is 13.3. The third kappa shape index (κ3) is 3.99. The molecule has 3 N–H and O–H groups in total. The minimum atomic E-state index is -1.07. The second-order valence-electron chi connectivity index (χ2n) is 6.16. The number of hydrogen-bond donors (Lipinski definition) is 2. The number of benzene rings is 1. The van der Waals surface area contributed by atoms with E-state index in [-0.39, 0.29) is 11.1 Å². The minimum absolute atomic E-state index is 0.204. The van der Waals surface area contributed by atoms with Gasteiger partial charge in [0.1, 0.15) is 5.00 Å². The Bertz CT molecular complexity index is 1090. The zero-order valence-corrected chi connectivity index (χ0v) is 16.3. The highest BCUT2D eigenvalue weighted by Crippen LogP contribution is 2.23. The van der Waals surface area contributed by atoms with Crippen LogP contribution in [0.2, 0.25) is 0 Å². The molecule has 2 heterocycles. The second kappa shape index (κ2) is 7.73. The van der Waals surface area contributed by atoms with Gasteiger partial charge in [0.2, 0.25) is 0 Å². The average molecular weight is 398 g/mol. The van der Waals surface area contributed by atoms with Crippen molar-refractivity contribution in [2.75, 3.05) is 5.32 Å². The summed E-state index contributed by atoms with van der Waals surface area (Å²) in [7, 11) is 0. The number of aryl methyl sites for hydroxylation is 2. The number of amides is 2. The normalized spacial score (nSPS) is 11.8. The Morgan fingerprint density at radius 2 is 1.79 bits per heavy atom. The van der Waals surface area contributed by atoms with Crippen molar-refractivity contribution in [3.05, 3.63) is 52.2 Å². The summed E-state index contributed by atoms with van der Waals surface area (Å²) in [6, 6.07) is 6.34.